The summed E-state index contributed by atoms with van der Waals surface area (Å²) in [5, 5.41) is 10.6. The number of ether oxygens (including phenoxy) is 1. The van der Waals surface area contributed by atoms with Gasteiger partial charge in [0.1, 0.15) is 5.75 Å². The van der Waals surface area contributed by atoms with E-state index in [0.29, 0.717) is 28.8 Å². The summed E-state index contributed by atoms with van der Waals surface area (Å²) in [5.41, 5.74) is 6.59. The number of halogens is 1. The number of hydrogen-bond acceptors (Lipinski definition) is 4. The van der Waals surface area contributed by atoms with Gasteiger partial charge in [-0.25, -0.2) is 0 Å². The second-order valence-electron chi connectivity index (χ2n) is 3.35. The molecule has 0 fully saturated rings. The minimum Gasteiger partial charge on any atom is -0.492 e. The quantitative estimate of drug-likeness (QED) is 0.628. The Kier molecular flexibility index (Phi) is 2.62. The number of rotatable bonds is 1. The largest absolute Gasteiger partial charge is 0.492 e. The van der Waals surface area contributed by atoms with Crippen LogP contribution in [0, 0.1) is 10.1 Å². The van der Waals surface area contributed by atoms with E-state index >= 15 is 0 Å². The first-order chi connectivity index (χ1) is 7.09. The fourth-order valence-corrected chi connectivity index (χ4v) is 2.15. The summed E-state index contributed by atoms with van der Waals surface area (Å²) in [5.74, 6) is 0.624. The second kappa shape index (κ2) is 3.79. The third kappa shape index (κ3) is 1.82. The number of nitro groups is 1. The predicted molar refractivity (Wildman–Crippen MR) is 57.8 cm³/mol. The van der Waals surface area contributed by atoms with Crippen molar-refractivity contribution >= 4 is 21.6 Å². The molecule has 1 aliphatic heterocycles. The van der Waals surface area contributed by atoms with E-state index in [1.54, 1.807) is 0 Å². The molecule has 1 aliphatic rings. The standard InChI is InChI=1S/C9H9BrN2O3/c10-7-4-5(12(13)14)3-6-8(11)1-2-15-9(6)7/h3-4,8H,1-2,11H2/t8-/m1/s1. The van der Waals surface area contributed by atoms with Gasteiger partial charge in [-0.2, -0.15) is 0 Å². The Bertz CT molecular complexity index is 422. The lowest BCUT2D eigenvalue weighted by Crippen LogP contribution is -2.21. The van der Waals surface area contributed by atoms with E-state index in [4.69, 9.17) is 10.5 Å². The van der Waals surface area contributed by atoms with E-state index in [1.807, 2.05) is 0 Å². The average molecular weight is 273 g/mol. The smallest absolute Gasteiger partial charge is 0.271 e. The van der Waals surface area contributed by atoms with Crippen molar-refractivity contribution in [1.82, 2.24) is 0 Å². The molecule has 2 N–H and O–H groups in total. The molecule has 6 heteroatoms. The molecule has 1 heterocycles. The number of fused-ring (bicyclic) bond motifs is 1. The highest BCUT2D eigenvalue weighted by molar-refractivity contribution is 9.10. The number of hydrogen-bond donors (Lipinski definition) is 1. The highest BCUT2D eigenvalue weighted by atomic mass is 79.9. The summed E-state index contributed by atoms with van der Waals surface area (Å²) in [6.45, 7) is 0.546. The molecule has 15 heavy (non-hydrogen) atoms. The Labute approximate surface area is 94.5 Å². The van der Waals surface area contributed by atoms with Gasteiger partial charge >= 0.3 is 0 Å². The molecule has 0 amide bonds. The van der Waals surface area contributed by atoms with Gasteiger partial charge in [0.2, 0.25) is 0 Å². The summed E-state index contributed by atoms with van der Waals surface area (Å²) in [7, 11) is 0. The van der Waals surface area contributed by atoms with Gasteiger partial charge in [-0.1, -0.05) is 0 Å². The third-order valence-electron chi connectivity index (χ3n) is 2.34. The van der Waals surface area contributed by atoms with Gasteiger partial charge in [0, 0.05) is 30.2 Å². The van der Waals surface area contributed by atoms with Gasteiger partial charge in [0.25, 0.3) is 5.69 Å². The highest BCUT2D eigenvalue weighted by Crippen LogP contribution is 2.39. The monoisotopic (exact) mass is 272 g/mol. The van der Waals surface area contributed by atoms with Crippen LogP contribution in [0.1, 0.15) is 18.0 Å². The molecule has 1 atom stereocenters. The predicted octanol–water partition coefficient (Wildman–Crippen LogP) is 2.14. The average Bonchev–Trinajstić information content (AvgIpc) is 2.19. The summed E-state index contributed by atoms with van der Waals surface area (Å²) in [6, 6.07) is 2.71. The summed E-state index contributed by atoms with van der Waals surface area (Å²) >= 11 is 3.24. The van der Waals surface area contributed by atoms with Crippen molar-refractivity contribution in [2.24, 2.45) is 5.73 Å². The molecule has 0 saturated heterocycles. The number of non-ortho nitro benzene ring substituents is 1. The lowest BCUT2D eigenvalue weighted by molar-refractivity contribution is -0.385. The molecule has 0 saturated carbocycles. The van der Waals surface area contributed by atoms with Crippen molar-refractivity contribution in [2.75, 3.05) is 6.61 Å². The Hall–Kier alpha value is -1.14. The van der Waals surface area contributed by atoms with E-state index in [2.05, 4.69) is 15.9 Å². The summed E-state index contributed by atoms with van der Waals surface area (Å²) in [6.07, 6.45) is 0.681. The Morgan fingerprint density at radius 3 is 3.00 bits per heavy atom. The first-order valence-corrected chi connectivity index (χ1v) is 5.25. The van der Waals surface area contributed by atoms with Crippen LogP contribution in [-0.4, -0.2) is 11.5 Å². The summed E-state index contributed by atoms with van der Waals surface area (Å²) < 4.78 is 5.99. The zero-order chi connectivity index (χ0) is 11.0. The Morgan fingerprint density at radius 2 is 2.33 bits per heavy atom. The minimum atomic E-state index is -0.438. The van der Waals surface area contributed by atoms with Gasteiger partial charge in [-0.3, -0.25) is 10.1 Å². The van der Waals surface area contributed by atoms with Crippen molar-refractivity contribution in [2.45, 2.75) is 12.5 Å². The fourth-order valence-electron chi connectivity index (χ4n) is 1.58. The molecular formula is C9H9BrN2O3. The minimum absolute atomic E-state index is 0.0292. The van der Waals surface area contributed by atoms with E-state index in [0.717, 1.165) is 0 Å². The van der Waals surface area contributed by atoms with Gasteiger partial charge in [-0.05, 0) is 15.9 Å². The molecule has 0 aliphatic carbocycles. The molecule has 80 valence electrons. The third-order valence-corrected chi connectivity index (χ3v) is 2.93. The van der Waals surface area contributed by atoms with E-state index in [1.165, 1.54) is 12.1 Å². The van der Waals surface area contributed by atoms with Gasteiger partial charge in [0.05, 0.1) is 16.0 Å². The van der Waals surface area contributed by atoms with Crippen molar-refractivity contribution in [3.05, 3.63) is 32.3 Å². The van der Waals surface area contributed by atoms with Gasteiger partial charge in [-0.15, -0.1) is 0 Å². The van der Waals surface area contributed by atoms with Crippen molar-refractivity contribution in [1.29, 1.82) is 0 Å². The van der Waals surface area contributed by atoms with Gasteiger partial charge < -0.3 is 10.5 Å². The maximum atomic E-state index is 10.6. The molecule has 0 unspecified atom stereocenters. The highest BCUT2D eigenvalue weighted by Gasteiger charge is 2.24. The lowest BCUT2D eigenvalue weighted by atomic mass is 10.0. The van der Waals surface area contributed by atoms with Crippen LogP contribution < -0.4 is 10.5 Å². The maximum Gasteiger partial charge on any atom is 0.271 e. The zero-order valence-corrected chi connectivity index (χ0v) is 9.36. The molecule has 0 bridgehead atoms. The normalized spacial score (nSPS) is 19.2. The first-order valence-electron chi connectivity index (χ1n) is 4.46. The SMILES string of the molecule is N[C@@H]1CCOc2c(Br)cc([N+](=O)[O-])cc21. The van der Waals surface area contributed by atoms with Crippen LogP contribution in [0.5, 0.6) is 5.75 Å². The maximum absolute atomic E-state index is 10.6. The van der Waals surface area contributed by atoms with Crippen LogP contribution in [0.3, 0.4) is 0 Å². The molecule has 1 aromatic carbocycles. The molecule has 2 rings (SSSR count). The first kappa shape index (κ1) is 10.4. The molecule has 1 aromatic rings. The topological polar surface area (TPSA) is 78.4 Å². The molecule has 5 nitrogen and oxygen atoms in total. The molecule has 0 aromatic heterocycles. The van der Waals surface area contributed by atoms with Crippen molar-refractivity contribution in [3.8, 4) is 5.75 Å². The van der Waals surface area contributed by atoms with E-state index in [-0.39, 0.29) is 11.7 Å². The van der Waals surface area contributed by atoms with Crippen LogP contribution in [0.4, 0.5) is 5.69 Å². The number of nitrogens with two attached hydrogens (primary N) is 1. The van der Waals surface area contributed by atoms with Crippen LogP contribution in [-0.2, 0) is 0 Å². The zero-order valence-electron chi connectivity index (χ0n) is 7.77. The Balaban J connectivity index is 2.56. The molecular weight excluding hydrogens is 264 g/mol. The number of benzene rings is 1. The second-order valence-corrected chi connectivity index (χ2v) is 4.20. The van der Waals surface area contributed by atoms with Crippen molar-refractivity contribution in [3.63, 3.8) is 0 Å². The fraction of sp³-hybridized carbons (Fsp3) is 0.333. The summed E-state index contributed by atoms with van der Waals surface area (Å²) in [4.78, 5) is 10.2. The number of nitrogens with zero attached hydrogens (tertiary/aromatic N) is 1. The van der Waals surface area contributed by atoms with E-state index < -0.39 is 4.92 Å². The Morgan fingerprint density at radius 1 is 1.60 bits per heavy atom. The van der Waals surface area contributed by atoms with Crippen LogP contribution in [0.2, 0.25) is 0 Å². The van der Waals surface area contributed by atoms with Crippen LogP contribution in [0.25, 0.3) is 0 Å². The van der Waals surface area contributed by atoms with E-state index in [9.17, 15) is 10.1 Å². The van der Waals surface area contributed by atoms with Crippen molar-refractivity contribution < 1.29 is 9.66 Å². The number of nitro benzene ring substituents is 1. The van der Waals surface area contributed by atoms with Gasteiger partial charge in [0.15, 0.2) is 0 Å². The molecule has 0 spiro atoms. The van der Waals surface area contributed by atoms with Crippen LogP contribution in [0.15, 0.2) is 16.6 Å². The van der Waals surface area contributed by atoms with Crippen LogP contribution >= 0.6 is 15.9 Å². The lowest BCUT2D eigenvalue weighted by Gasteiger charge is -2.23. The molecule has 0 radical (unpaired) electrons.